The van der Waals surface area contributed by atoms with Gasteiger partial charge in [0, 0.05) is 5.02 Å². The van der Waals surface area contributed by atoms with Crippen LogP contribution in [0.4, 0.5) is 5.69 Å². The Bertz CT molecular complexity index is 570. The van der Waals surface area contributed by atoms with E-state index in [1.54, 1.807) is 18.2 Å². The van der Waals surface area contributed by atoms with Gasteiger partial charge in [-0.15, -0.1) is 0 Å². The summed E-state index contributed by atoms with van der Waals surface area (Å²) in [7, 11) is 0. The predicted octanol–water partition coefficient (Wildman–Crippen LogP) is 4.93. The van der Waals surface area contributed by atoms with Gasteiger partial charge in [-0.2, -0.15) is 0 Å². The maximum Gasteiger partial charge on any atom is 0.151 e. The molecule has 0 heterocycles. The number of hydrogen-bond donors (Lipinski definition) is 1. The van der Waals surface area contributed by atoms with E-state index in [1.165, 1.54) is 0 Å². The fourth-order valence-corrected chi connectivity index (χ4v) is 2.04. The van der Waals surface area contributed by atoms with E-state index in [1.807, 2.05) is 25.1 Å². The molecule has 0 aliphatic heterocycles. The van der Waals surface area contributed by atoms with Crippen LogP contribution in [0.15, 0.2) is 36.4 Å². The Labute approximate surface area is 116 Å². The summed E-state index contributed by atoms with van der Waals surface area (Å²) in [6.07, 6.45) is 0.848. The van der Waals surface area contributed by atoms with Gasteiger partial charge in [-0.25, -0.2) is 0 Å². The molecule has 0 radical (unpaired) electrons. The molecule has 94 valence electrons. The minimum atomic E-state index is 0.437. The number of hydrogen-bond acceptors (Lipinski definition) is 2. The molecule has 2 N–H and O–H groups in total. The molecule has 0 aromatic heterocycles. The molecule has 0 fully saturated rings. The summed E-state index contributed by atoms with van der Waals surface area (Å²) in [6.45, 7) is 2.04. The summed E-state index contributed by atoms with van der Waals surface area (Å²) < 4.78 is 5.72. The number of nitrogen functional groups attached to an aromatic ring is 1. The maximum absolute atomic E-state index is 6.05. The topological polar surface area (TPSA) is 35.2 Å². The Hall–Kier alpha value is -1.38. The summed E-state index contributed by atoms with van der Waals surface area (Å²) in [5.41, 5.74) is 7.32. The second-order valence-corrected chi connectivity index (χ2v) is 4.67. The Morgan fingerprint density at radius 1 is 1.11 bits per heavy atom. The molecule has 0 bridgehead atoms. The zero-order valence-electron chi connectivity index (χ0n) is 9.91. The van der Waals surface area contributed by atoms with Crippen LogP contribution in [0.3, 0.4) is 0 Å². The number of aryl methyl sites for hydroxylation is 1. The zero-order chi connectivity index (χ0) is 13.1. The van der Waals surface area contributed by atoms with Crippen LogP contribution >= 0.6 is 23.2 Å². The lowest BCUT2D eigenvalue weighted by atomic mass is 10.1. The van der Waals surface area contributed by atoms with E-state index in [0.29, 0.717) is 22.2 Å². The molecule has 18 heavy (non-hydrogen) atoms. The Morgan fingerprint density at radius 3 is 2.61 bits per heavy atom. The molecular formula is C14H13Cl2NO. The molecular weight excluding hydrogens is 269 g/mol. The maximum atomic E-state index is 6.05. The van der Waals surface area contributed by atoms with Crippen molar-refractivity contribution in [1.82, 2.24) is 0 Å². The lowest BCUT2D eigenvalue weighted by molar-refractivity contribution is 0.484. The fraction of sp³-hybridized carbons (Fsp3) is 0.143. The second-order valence-electron chi connectivity index (χ2n) is 3.86. The van der Waals surface area contributed by atoms with Gasteiger partial charge in [0.15, 0.2) is 5.75 Å². The van der Waals surface area contributed by atoms with E-state index in [9.17, 15) is 0 Å². The third kappa shape index (κ3) is 2.71. The molecule has 0 saturated heterocycles. The molecule has 4 heteroatoms. The van der Waals surface area contributed by atoms with E-state index in [-0.39, 0.29) is 0 Å². The smallest absolute Gasteiger partial charge is 0.151 e. The average Bonchev–Trinajstić information content (AvgIpc) is 2.37. The van der Waals surface area contributed by atoms with Crippen molar-refractivity contribution in [2.45, 2.75) is 13.3 Å². The summed E-state index contributed by atoms with van der Waals surface area (Å²) in [6, 6.07) is 10.8. The van der Waals surface area contributed by atoms with Crippen molar-refractivity contribution in [3.63, 3.8) is 0 Å². The van der Waals surface area contributed by atoms with Crippen molar-refractivity contribution < 1.29 is 4.74 Å². The number of benzene rings is 2. The van der Waals surface area contributed by atoms with Crippen LogP contribution in [0.2, 0.25) is 10.0 Å². The Morgan fingerprint density at radius 2 is 1.89 bits per heavy atom. The quantitative estimate of drug-likeness (QED) is 0.810. The van der Waals surface area contributed by atoms with Crippen LogP contribution in [-0.2, 0) is 6.42 Å². The zero-order valence-corrected chi connectivity index (χ0v) is 11.4. The first-order chi connectivity index (χ1) is 8.61. The van der Waals surface area contributed by atoms with Gasteiger partial charge in [-0.05, 0) is 42.3 Å². The van der Waals surface area contributed by atoms with Gasteiger partial charge in [-0.3, -0.25) is 0 Å². The molecule has 2 aromatic rings. The highest BCUT2D eigenvalue weighted by atomic mass is 35.5. The van der Waals surface area contributed by atoms with Gasteiger partial charge in [-0.1, -0.05) is 36.2 Å². The molecule has 0 unspecified atom stereocenters. The van der Waals surface area contributed by atoms with E-state index in [4.69, 9.17) is 33.7 Å². The monoisotopic (exact) mass is 281 g/mol. The van der Waals surface area contributed by atoms with E-state index < -0.39 is 0 Å². The number of rotatable bonds is 3. The van der Waals surface area contributed by atoms with Gasteiger partial charge in [0.05, 0.1) is 10.7 Å². The molecule has 0 atom stereocenters. The van der Waals surface area contributed by atoms with Gasteiger partial charge in [0.2, 0.25) is 0 Å². The summed E-state index contributed by atoms with van der Waals surface area (Å²) in [5, 5.41) is 1.22. The average molecular weight is 282 g/mol. The third-order valence-electron chi connectivity index (χ3n) is 2.64. The summed E-state index contributed by atoms with van der Waals surface area (Å²) in [5.74, 6) is 1.25. The van der Waals surface area contributed by atoms with Crippen LogP contribution < -0.4 is 10.5 Å². The number of para-hydroxylation sites is 1. The van der Waals surface area contributed by atoms with Crippen LogP contribution in [0.5, 0.6) is 11.5 Å². The highest BCUT2D eigenvalue weighted by Crippen LogP contribution is 2.33. The predicted molar refractivity (Wildman–Crippen MR) is 76.8 cm³/mol. The van der Waals surface area contributed by atoms with Crippen LogP contribution in [0.25, 0.3) is 0 Å². The molecule has 0 spiro atoms. The van der Waals surface area contributed by atoms with Crippen LogP contribution in [-0.4, -0.2) is 0 Å². The van der Waals surface area contributed by atoms with Gasteiger partial charge in [0.1, 0.15) is 5.75 Å². The molecule has 2 rings (SSSR count). The molecule has 0 saturated carbocycles. The highest BCUT2D eigenvalue weighted by molar-refractivity contribution is 6.33. The molecule has 0 amide bonds. The lowest BCUT2D eigenvalue weighted by Gasteiger charge is -2.11. The minimum Gasteiger partial charge on any atom is -0.455 e. The van der Waals surface area contributed by atoms with Crippen molar-refractivity contribution >= 4 is 28.9 Å². The Balaban J connectivity index is 2.31. The van der Waals surface area contributed by atoms with E-state index in [2.05, 4.69) is 0 Å². The standard InChI is InChI=1S/C14H13Cl2NO/c1-2-9-8-10(6-7-11(9)15)18-13-5-3-4-12(16)14(13)17/h3-8H,2,17H2,1H3. The molecule has 0 aliphatic rings. The van der Waals surface area contributed by atoms with Gasteiger partial charge in [0.25, 0.3) is 0 Å². The third-order valence-corrected chi connectivity index (χ3v) is 3.34. The van der Waals surface area contributed by atoms with Gasteiger partial charge >= 0.3 is 0 Å². The molecule has 2 nitrogen and oxygen atoms in total. The van der Waals surface area contributed by atoms with Crippen LogP contribution in [0.1, 0.15) is 12.5 Å². The first kappa shape index (κ1) is 13.1. The first-order valence-corrected chi connectivity index (χ1v) is 6.37. The number of halogens is 2. The Kier molecular flexibility index (Phi) is 4.00. The fourth-order valence-electron chi connectivity index (χ4n) is 1.62. The summed E-state index contributed by atoms with van der Waals surface area (Å²) in [4.78, 5) is 0. The normalized spacial score (nSPS) is 10.4. The lowest BCUT2D eigenvalue weighted by Crippen LogP contribution is -1.93. The number of anilines is 1. The number of ether oxygens (including phenoxy) is 1. The highest BCUT2D eigenvalue weighted by Gasteiger charge is 2.07. The van der Waals surface area contributed by atoms with Crippen molar-refractivity contribution in [3.05, 3.63) is 52.0 Å². The van der Waals surface area contributed by atoms with E-state index in [0.717, 1.165) is 17.0 Å². The van der Waals surface area contributed by atoms with Crippen molar-refractivity contribution in [2.75, 3.05) is 5.73 Å². The van der Waals surface area contributed by atoms with E-state index >= 15 is 0 Å². The SMILES string of the molecule is CCc1cc(Oc2cccc(Cl)c2N)ccc1Cl. The first-order valence-electron chi connectivity index (χ1n) is 5.62. The summed E-state index contributed by atoms with van der Waals surface area (Å²) >= 11 is 12.0. The molecule has 0 aliphatic carbocycles. The second kappa shape index (κ2) is 5.51. The molecule has 2 aromatic carbocycles. The van der Waals surface area contributed by atoms with Gasteiger partial charge < -0.3 is 10.5 Å². The largest absolute Gasteiger partial charge is 0.455 e. The van der Waals surface area contributed by atoms with Crippen molar-refractivity contribution in [2.24, 2.45) is 0 Å². The minimum absolute atomic E-state index is 0.437. The van der Waals surface area contributed by atoms with Crippen molar-refractivity contribution in [3.8, 4) is 11.5 Å². The number of nitrogens with two attached hydrogens (primary N) is 1. The van der Waals surface area contributed by atoms with Crippen molar-refractivity contribution in [1.29, 1.82) is 0 Å². The van der Waals surface area contributed by atoms with Crippen LogP contribution in [0, 0.1) is 0 Å².